The number of alkyl halides is 2. The molecule has 0 aliphatic carbocycles. The number of nitrogens with zero attached hydrogens (tertiary/aromatic N) is 1. The standard InChI is InChI=1S/C23H23F2NO3S/c1-2-22(27)28-12-4-9-23(24,25)10-5-13-30-19-8-7-17-14-20(29-21(17)15-19)18-6-3-11-26-16-18/h2-3,6-8,11,14-16H,1,4-5,9-10,12-13H2. The smallest absolute Gasteiger partial charge is 0.330 e. The lowest BCUT2D eigenvalue weighted by molar-refractivity contribution is -0.138. The molecule has 0 aliphatic rings. The van der Waals surface area contributed by atoms with Gasteiger partial charge in [-0.2, -0.15) is 0 Å². The van der Waals surface area contributed by atoms with Crippen molar-refractivity contribution in [2.75, 3.05) is 12.4 Å². The minimum atomic E-state index is -2.76. The number of esters is 1. The van der Waals surface area contributed by atoms with Crippen LogP contribution in [0.1, 0.15) is 25.7 Å². The molecule has 2 aromatic heterocycles. The zero-order chi connectivity index (χ0) is 21.4. The van der Waals surface area contributed by atoms with Crippen LogP contribution < -0.4 is 0 Å². The maximum absolute atomic E-state index is 13.9. The Morgan fingerprint density at radius 2 is 2.07 bits per heavy atom. The van der Waals surface area contributed by atoms with Crippen molar-refractivity contribution in [3.63, 3.8) is 0 Å². The minimum Gasteiger partial charge on any atom is -0.463 e. The number of hydrogen-bond acceptors (Lipinski definition) is 5. The third kappa shape index (κ3) is 6.42. The first kappa shape index (κ1) is 22.0. The van der Waals surface area contributed by atoms with Crippen molar-refractivity contribution in [1.29, 1.82) is 0 Å². The Kier molecular flexibility index (Phi) is 7.63. The second kappa shape index (κ2) is 10.4. The van der Waals surface area contributed by atoms with E-state index in [4.69, 9.17) is 9.15 Å². The summed E-state index contributed by atoms with van der Waals surface area (Å²) in [6, 6.07) is 11.6. The van der Waals surface area contributed by atoms with Gasteiger partial charge in [0.2, 0.25) is 5.92 Å². The van der Waals surface area contributed by atoms with Crippen LogP contribution in [-0.4, -0.2) is 29.2 Å². The molecule has 0 unspecified atom stereocenters. The van der Waals surface area contributed by atoms with Crippen LogP contribution in [0.3, 0.4) is 0 Å². The number of fused-ring (bicyclic) bond motifs is 1. The summed E-state index contributed by atoms with van der Waals surface area (Å²) >= 11 is 1.53. The second-order valence-electron chi connectivity index (χ2n) is 6.84. The summed E-state index contributed by atoms with van der Waals surface area (Å²) < 4.78 is 38.5. The molecular formula is C23H23F2NO3S. The van der Waals surface area contributed by atoms with Crippen LogP contribution in [-0.2, 0) is 9.53 Å². The molecule has 4 nitrogen and oxygen atoms in total. The maximum Gasteiger partial charge on any atom is 0.330 e. The van der Waals surface area contributed by atoms with Crippen LogP contribution in [0, 0.1) is 0 Å². The van der Waals surface area contributed by atoms with Crippen LogP contribution in [0.15, 0.2) is 70.8 Å². The van der Waals surface area contributed by atoms with Gasteiger partial charge in [-0.15, -0.1) is 11.8 Å². The fourth-order valence-electron chi connectivity index (χ4n) is 2.96. The lowest BCUT2D eigenvalue weighted by Crippen LogP contribution is -2.17. The van der Waals surface area contributed by atoms with E-state index in [0.717, 1.165) is 33.3 Å². The van der Waals surface area contributed by atoms with Crippen LogP contribution in [0.4, 0.5) is 8.78 Å². The molecule has 7 heteroatoms. The third-order valence-electron chi connectivity index (χ3n) is 4.49. The maximum atomic E-state index is 13.9. The van der Waals surface area contributed by atoms with Crippen LogP contribution in [0.2, 0.25) is 0 Å². The van der Waals surface area contributed by atoms with Gasteiger partial charge in [-0.3, -0.25) is 4.98 Å². The van der Waals surface area contributed by atoms with Crippen molar-refractivity contribution in [2.24, 2.45) is 0 Å². The zero-order valence-corrected chi connectivity index (χ0v) is 17.3. The molecule has 0 N–H and O–H groups in total. The summed E-state index contributed by atoms with van der Waals surface area (Å²) in [5, 5.41) is 0.988. The zero-order valence-electron chi connectivity index (χ0n) is 16.5. The van der Waals surface area contributed by atoms with Crippen LogP contribution in [0.5, 0.6) is 0 Å². The number of carbonyl (C=O) groups is 1. The SMILES string of the molecule is C=CC(=O)OCCCC(F)(F)CCCSc1ccc2cc(-c3cccnc3)oc2c1. The fraction of sp³-hybridized carbons (Fsp3) is 0.304. The van der Waals surface area contributed by atoms with Gasteiger partial charge in [0.1, 0.15) is 11.3 Å². The van der Waals surface area contributed by atoms with Gasteiger partial charge >= 0.3 is 5.97 Å². The van der Waals surface area contributed by atoms with Crippen LogP contribution in [0.25, 0.3) is 22.3 Å². The van der Waals surface area contributed by atoms with Crippen molar-refractivity contribution >= 4 is 28.7 Å². The summed E-state index contributed by atoms with van der Waals surface area (Å²) in [4.78, 5) is 16.0. The molecule has 0 saturated heterocycles. The first-order valence-electron chi connectivity index (χ1n) is 9.71. The molecule has 3 aromatic rings. The lowest BCUT2D eigenvalue weighted by Gasteiger charge is -2.15. The molecule has 0 aliphatic heterocycles. The topological polar surface area (TPSA) is 52.3 Å². The Bertz CT molecular complexity index is 989. The van der Waals surface area contributed by atoms with Gasteiger partial charge in [0.05, 0.1) is 6.61 Å². The molecule has 0 spiro atoms. The molecule has 0 saturated carbocycles. The first-order valence-corrected chi connectivity index (χ1v) is 10.7. The second-order valence-corrected chi connectivity index (χ2v) is 8.00. The summed E-state index contributed by atoms with van der Waals surface area (Å²) in [5.74, 6) is -2.01. The molecule has 1 aromatic carbocycles. The van der Waals surface area contributed by atoms with Crippen molar-refractivity contribution < 1.29 is 22.7 Å². The van der Waals surface area contributed by atoms with E-state index in [-0.39, 0.29) is 25.9 Å². The largest absolute Gasteiger partial charge is 0.463 e. The normalized spacial score (nSPS) is 11.5. The number of halogens is 2. The Labute approximate surface area is 178 Å². The molecule has 3 rings (SSSR count). The number of rotatable bonds is 11. The van der Waals surface area contributed by atoms with E-state index in [1.54, 1.807) is 12.4 Å². The third-order valence-corrected chi connectivity index (χ3v) is 5.57. The van der Waals surface area contributed by atoms with Gasteiger partial charge in [0.25, 0.3) is 0 Å². The van der Waals surface area contributed by atoms with Crippen LogP contribution >= 0.6 is 11.8 Å². The van der Waals surface area contributed by atoms with Gasteiger partial charge < -0.3 is 9.15 Å². The number of thioether (sulfide) groups is 1. The molecule has 30 heavy (non-hydrogen) atoms. The summed E-state index contributed by atoms with van der Waals surface area (Å²) in [6.45, 7) is 3.25. The van der Waals surface area contributed by atoms with Gasteiger partial charge in [0, 0.05) is 47.2 Å². The number of furan rings is 1. The van der Waals surface area contributed by atoms with E-state index >= 15 is 0 Å². The highest BCUT2D eigenvalue weighted by atomic mass is 32.2. The number of pyridine rings is 1. The summed E-state index contributed by atoms with van der Waals surface area (Å²) in [7, 11) is 0. The monoisotopic (exact) mass is 431 g/mol. The number of ether oxygens (including phenoxy) is 1. The van der Waals surface area contributed by atoms with E-state index < -0.39 is 11.9 Å². The highest BCUT2D eigenvalue weighted by Gasteiger charge is 2.27. The highest BCUT2D eigenvalue weighted by Crippen LogP contribution is 2.32. The summed E-state index contributed by atoms with van der Waals surface area (Å²) in [6.07, 6.45) is 4.52. The minimum absolute atomic E-state index is 0.0145. The Balaban J connectivity index is 1.45. The van der Waals surface area contributed by atoms with E-state index in [1.807, 2.05) is 36.4 Å². The predicted molar refractivity (Wildman–Crippen MR) is 115 cm³/mol. The average molecular weight is 432 g/mol. The van der Waals surface area contributed by atoms with Crippen molar-refractivity contribution in [3.05, 3.63) is 61.4 Å². The quantitative estimate of drug-likeness (QED) is 0.150. The van der Waals surface area contributed by atoms with Gasteiger partial charge in [0.15, 0.2) is 0 Å². The molecule has 2 heterocycles. The first-order chi connectivity index (χ1) is 14.5. The number of carbonyl (C=O) groups excluding carboxylic acids is 1. The van der Waals surface area contributed by atoms with E-state index in [0.29, 0.717) is 12.2 Å². The van der Waals surface area contributed by atoms with Gasteiger partial charge in [-0.1, -0.05) is 6.58 Å². The predicted octanol–water partition coefficient (Wildman–Crippen LogP) is 6.51. The molecule has 158 valence electrons. The number of benzene rings is 1. The fourth-order valence-corrected chi connectivity index (χ4v) is 3.84. The highest BCUT2D eigenvalue weighted by molar-refractivity contribution is 7.99. The number of hydrogen-bond donors (Lipinski definition) is 0. The molecule has 0 atom stereocenters. The molecule has 0 radical (unpaired) electrons. The average Bonchev–Trinajstić information content (AvgIpc) is 3.18. The van der Waals surface area contributed by atoms with Crippen molar-refractivity contribution in [1.82, 2.24) is 4.98 Å². The molecule has 0 fully saturated rings. The molecule has 0 amide bonds. The van der Waals surface area contributed by atoms with Gasteiger partial charge in [-0.25, -0.2) is 13.6 Å². The number of aromatic nitrogens is 1. The van der Waals surface area contributed by atoms with Gasteiger partial charge in [-0.05, 0) is 55.0 Å². The Hall–Kier alpha value is -2.67. The van der Waals surface area contributed by atoms with E-state index in [1.165, 1.54) is 11.8 Å². The van der Waals surface area contributed by atoms with E-state index in [9.17, 15) is 13.6 Å². The Morgan fingerprint density at radius 3 is 2.83 bits per heavy atom. The molecular weight excluding hydrogens is 408 g/mol. The van der Waals surface area contributed by atoms with Crippen molar-refractivity contribution in [3.8, 4) is 11.3 Å². The van der Waals surface area contributed by atoms with E-state index in [2.05, 4.69) is 11.6 Å². The lowest BCUT2D eigenvalue weighted by atomic mass is 10.1. The van der Waals surface area contributed by atoms with Crippen molar-refractivity contribution in [2.45, 2.75) is 36.5 Å². The Morgan fingerprint density at radius 1 is 1.23 bits per heavy atom. The summed E-state index contributed by atoms with van der Waals surface area (Å²) in [5.41, 5.74) is 1.67. The molecule has 0 bridgehead atoms.